The number of nitrogens with one attached hydrogen (secondary N) is 2. The van der Waals surface area contributed by atoms with Gasteiger partial charge in [-0.1, -0.05) is 0 Å². The minimum absolute atomic E-state index is 0.00269. The lowest BCUT2D eigenvalue weighted by molar-refractivity contribution is 0.204. The first kappa shape index (κ1) is 16.8. The molecule has 0 aromatic heterocycles. The lowest BCUT2D eigenvalue weighted by atomic mass is 10.3. The fourth-order valence-electron chi connectivity index (χ4n) is 1.21. The van der Waals surface area contributed by atoms with Crippen LogP contribution in [0.3, 0.4) is 0 Å². The van der Waals surface area contributed by atoms with Crippen LogP contribution in [0, 0.1) is 5.82 Å². The van der Waals surface area contributed by atoms with Gasteiger partial charge >= 0.3 is 0 Å². The van der Waals surface area contributed by atoms with Crippen LogP contribution in [0.4, 0.5) is 10.1 Å². The average Bonchev–Trinajstić information content (AvgIpc) is 2.30. The van der Waals surface area contributed by atoms with E-state index >= 15 is 0 Å². The number of primary sulfonamides is 1. The molecule has 8 nitrogen and oxygen atoms in total. The Kier molecular flexibility index (Phi) is 5.42. The quantitative estimate of drug-likeness (QED) is 0.574. The van der Waals surface area contributed by atoms with Crippen molar-refractivity contribution < 1.29 is 26.0 Å². The maximum absolute atomic E-state index is 13.6. The minimum Gasteiger partial charge on any atom is -0.383 e. The van der Waals surface area contributed by atoms with Crippen LogP contribution in [0.1, 0.15) is 0 Å². The SMILES string of the molecule is COCCNS(=O)(=O)Nc1ccc(S(N)(=O)=O)cc1F. The number of hydrogen-bond donors (Lipinski definition) is 3. The molecule has 0 spiro atoms. The van der Waals surface area contributed by atoms with Crippen molar-refractivity contribution in [1.29, 1.82) is 0 Å². The van der Waals surface area contributed by atoms with Crippen LogP contribution < -0.4 is 14.6 Å². The van der Waals surface area contributed by atoms with Gasteiger partial charge in [-0.15, -0.1) is 0 Å². The number of anilines is 1. The molecule has 0 unspecified atom stereocenters. The number of sulfonamides is 1. The summed E-state index contributed by atoms with van der Waals surface area (Å²) < 4.78 is 67.3. The molecule has 1 aromatic carbocycles. The number of halogens is 1. The second kappa shape index (κ2) is 6.45. The summed E-state index contributed by atoms with van der Waals surface area (Å²) in [5.74, 6) is -1.06. The summed E-state index contributed by atoms with van der Waals surface area (Å²) in [7, 11) is -6.63. The lowest BCUT2D eigenvalue weighted by Crippen LogP contribution is -2.32. The van der Waals surface area contributed by atoms with Crippen LogP contribution in [0.15, 0.2) is 23.1 Å². The van der Waals surface area contributed by atoms with Gasteiger partial charge in [-0.2, -0.15) is 13.1 Å². The number of methoxy groups -OCH3 is 1. The van der Waals surface area contributed by atoms with E-state index in [1.54, 1.807) is 0 Å². The zero-order chi connectivity index (χ0) is 15.4. The molecular formula is C9H14FN3O5S2. The van der Waals surface area contributed by atoms with Crippen molar-refractivity contribution in [3.05, 3.63) is 24.0 Å². The largest absolute Gasteiger partial charge is 0.383 e. The van der Waals surface area contributed by atoms with Gasteiger partial charge in [-0.05, 0) is 18.2 Å². The Morgan fingerprint density at radius 1 is 1.30 bits per heavy atom. The van der Waals surface area contributed by atoms with E-state index in [9.17, 15) is 21.2 Å². The molecule has 1 aromatic rings. The summed E-state index contributed by atoms with van der Waals surface area (Å²) in [6.45, 7) is 0.149. The van der Waals surface area contributed by atoms with Crippen molar-refractivity contribution in [3.63, 3.8) is 0 Å². The van der Waals surface area contributed by atoms with Gasteiger partial charge in [-0.3, -0.25) is 4.72 Å². The smallest absolute Gasteiger partial charge is 0.299 e. The van der Waals surface area contributed by atoms with Crippen LogP contribution in [0.25, 0.3) is 0 Å². The lowest BCUT2D eigenvalue weighted by Gasteiger charge is -2.10. The van der Waals surface area contributed by atoms with E-state index in [4.69, 9.17) is 5.14 Å². The van der Waals surface area contributed by atoms with Gasteiger partial charge in [0.1, 0.15) is 5.82 Å². The highest BCUT2D eigenvalue weighted by Gasteiger charge is 2.15. The molecular weight excluding hydrogens is 313 g/mol. The third kappa shape index (κ3) is 5.02. The molecule has 0 saturated heterocycles. The molecule has 0 radical (unpaired) electrons. The predicted octanol–water partition coefficient (Wildman–Crippen LogP) is -0.634. The molecule has 114 valence electrons. The van der Waals surface area contributed by atoms with E-state index in [2.05, 4.69) is 9.46 Å². The Bertz CT molecular complexity index is 675. The second-order valence-corrected chi connectivity index (χ2v) is 6.74. The monoisotopic (exact) mass is 327 g/mol. The van der Waals surface area contributed by atoms with Crippen LogP contribution in [0.5, 0.6) is 0 Å². The normalized spacial score (nSPS) is 12.3. The fourth-order valence-corrected chi connectivity index (χ4v) is 2.62. The first-order valence-electron chi connectivity index (χ1n) is 5.24. The van der Waals surface area contributed by atoms with Gasteiger partial charge in [0.05, 0.1) is 17.2 Å². The first-order valence-corrected chi connectivity index (χ1v) is 8.27. The van der Waals surface area contributed by atoms with E-state index in [1.165, 1.54) is 7.11 Å². The van der Waals surface area contributed by atoms with Gasteiger partial charge in [-0.25, -0.2) is 17.9 Å². The first-order chi connectivity index (χ1) is 9.15. The second-order valence-electron chi connectivity index (χ2n) is 3.68. The summed E-state index contributed by atoms with van der Waals surface area (Å²) in [5, 5.41) is 4.82. The molecule has 0 fully saturated rings. The van der Waals surface area contributed by atoms with Gasteiger partial charge in [0.2, 0.25) is 10.0 Å². The predicted molar refractivity (Wildman–Crippen MR) is 70.2 cm³/mol. The number of nitrogens with two attached hydrogens (primary N) is 1. The Morgan fingerprint density at radius 3 is 2.45 bits per heavy atom. The summed E-state index contributed by atoms with van der Waals surface area (Å²) in [6, 6.07) is 2.58. The minimum atomic E-state index is -4.05. The van der Waals surface area contributed by atoms with Gasteiger partial charge in [0.15, 0.2) is 0 Å². The molecule has 0 saturated carbocycles. The Labute approximate surface area is 116 Å². The molecule has 1 rings (SSSR count). The number of benzene rings is 1. The molecule has 0 aliphatic carbocycles. The highest BCUT2D eigenvalue weighted by atomic mass is 32.2. The summed E-state index contributed by atoms with van der Waals surface area (Å²) in [6.07, 6.45) is 0. The molecule has 0 aliphatic rings. The molecule has 11 heteroatoms. The molecule has 0 bridgehead atoms. The van der Waals surface area contributed by atoms with Crippen LogP contribution in [-0.4, -0.2) is 37.1 Å². The van der Waals surface area contributed by atoms with E-state index in [1.807, 2.05) is 4.72 Å². The fraction of sp³-hybridized carbons (Fsp3) is 0.333. The van der Waals surface area contributed by atoms with E-state index < -0.39 is 36.6 Å². The van der Waals surface area contributed by atoms with Crippen LogP contribution >= 0.6 is 0 Å². The molecule has 20 heavy (non-hydrogen) atoms. The Morgan fingerprint density at radius 2 is 1.95 bits per heavy atom. The molecule has 0 aliphatic heterocycles. The number of rotatable bonds is 7. The Hall–Kier alpha value is -1.27. The van der Waals surface area contributed by atoms with Crippen molar-refractivity contribution in [1.82, 2.24) is 4.72 Å². The third-order valence-corrected chi connectivity index (χ3v) is 4.10. The van der Waals surface area contributed by atoms with Gasteiger partial charge in [0, 0.05) is 13.7 Å². The third-order valence-electron chi connectivity index (χ3n) is 2.11. The van der Waals surface area contributed by atoms with E-state index in [0.29, 0.717) is 6.07 Å². The van der Waals surface area contributed by atoms with E-state index in [0.717, 1.165) is 12.1 Å². The Balaban J connectivity index is 2.89. The highest BCUT2D eigenvalue weighted by Crippen LogP contribution is 2.18. The zero-order valence-corrected chi connectivity index (χ0v) is 12.1. The van der Waals surface area contributed by atoms with Gasteiger partial charge < -0.3 is 4.74 Å². The number of ether oxygens (including phenoxy) is 1. The molecule has 0 amide bonds. The van der Waals surface area contributed by atoms with Crippen molar-refractivity contribution in [2.45, 2.75) is 4.90 Å². The maximum atomic E-state index is 13.6. The van der Waals surface area contributed by atoms with Crippen molar-refractivity contribution in [2.24, 2.45) is 5.14 Å². The molecule has 0 atom stereocenters. The zero-order valence-electron chi connectivity index (χ0n) is 10.5. The van der Waals surface area contributed by atoms with Crippen molar-refractivity contribution in [3.8, 4) is 0 Å². The standard InChI is InChI=1S/C9H14FN3O5S2/c1-18-5-4-12-20(16,17)13-9-3-2-7(6-8(9)10)19(11,14)15/h2-3,6,12-13H,4-5H2,1H3,(H2,11,14,15). The topological polar surface area (TPSA) is 128 Å². The summed E-state index contributed by atoms with van der Waals surface area (Å²) in [5.41, 5.74) is -0.401. The van der Waals surface area contributed by atoms with E-state index in [-0.39, 0.29) is 13.2 Å². The maximum Gasteiger partial charge on any atom is 0.299 e. The highest BCUT2D eigenvalue weighted by molar-refractivity contribution is 7.90. The molecule has 0 heterocycles. The average molecular weight is 327 g/mol. The summed E-state index contributed by atoms with van der Waals surface area (Å²) >= 11 is 0. The van der Waals surface area contributed by atoms with Crippen molar-refractivity contribution >= 4 is 25.9 Å². The van der Waals surface area contributed by atoms with Crippen molar-refractivity contribution in [2.75, 3.05) is 25.0 Å². The molecule has 4 N–H and O–H groups in total. The van der Waals surface area contributed by atoms with Gasteiger partial charge in [0.25, 0.3) is 10.2 Å². The van der Waals surface area contributed by atoms with Crippen LogP contribution in [-0.2, 0) is 25.0 Å². The number of hydrogen-bond acceptors (Lipinski definition) is 5. The summed E-state index contributed by atoms with van der Waals surface area (Å²) in [4.78, 5) is -0.453. The van der Waals surface area contributed by atoms with Crippen LogP contribution in [0.2, 0.25) is 0 Å².